The Morgan fingerprint density at radius 3 is 2.40 bits per heavy atom. The van der Waals surface area contributed by atoms with Gasteiger partial charge in [0.2, 0.25) is 17.7 Å². The molecule has 3 aromatic rings. The van der Waals surface area contributed by atoms with Crippen molar-refractivity contribution in [2.45, 2.75) is 26.2 Å². The molecule has 160 valence electrons. The van der Waals surface area contributed by atoms with Gasteiger partial charge in [0.15, 0.2) is 0 Å². The number of rotatable bonds is 8. The molecule has 0 saturated carbocycles. The molecule has 1 aliphatic heterocycles. The van der Waals surface area contributed by atoms with E-state index in [-0.39, 0.29) is 0 Å². The van der Waals surface area contributed by atoms with Crippen LogP contribution in [-0.4, -0.2) is 66.8 Å². The highest BCUT2D eigenvalue weighted by Gasteiger charge is 2.20. The smallest absolute Gasteiger partial charge is 0.232 e. The standard InChI is InChI=1S/C23H31N5O2/c1-17-7-8-20-19(14-17)18(16-24-20)6-4-5-9-27-10-12-28(13-11-27)23-25-21(29-2)15-22(26-23)30-3/h7-8,14-16,24H,4-6,9-13H2,1-3H3. The van der Waals surface area contributed by atoms with E-state index in [9.17, 15) is 0 Å². The van der Waals surface area contributed by atoms with Crippen molar-refractivity contribution in [3.05, 3.63) is 41.6 Å². The van der Waals surface area contributed by atoms with Gasteiger partial charge in [-0.2, -0.15) is 9.97 Å². The number of aromatic nitrogens is 3. The Morgan fingerprint density at radius 2 is 1.70 bits per heavy atom. The summed E-state index contributed by atoms with van der Waals surface area (Å²) in [4.78, 5) is 17.1. The summed E-state index contributed by atoms with van der Waals surface area (Å²) in [6.07, 6.45) is 5.71. The SMILES string of the molecule is COc1cc(OC)nc(N2CCN(CCCCc3c[nH]c4ccc(C)cc34)CC2)n1. The first kappa shape index (κ1) is 20.5. The van der Waals surface area contributed by atoms with Crippen LogP contribution in [0.1, 0.15) is 24.0 Å². The van der Waals surface area contributed by atoms with E-state index in [1.165, 1.54) is 34.9 Å². The van der Waals surface area contributed by atoms with Crippen LogP contribution in [0, 0.1) is 6.92 Å². The van der Waals surface area contributed by atoms with Gasteiger partial charge in [0.25, 0.3) is 0 Å². The molecule has 0 radical (unpaired) electrons. The van der Waals surface area contributed by atoms with Crippen LogP contribution in [0.3, 0.4) is 0 Å². The fraction of sp³-hybridized carbons (Fsp3) is 0.478. The van der Waals surface area contributed by atoms with Crippen LogP contribution in [-0.2, 0) is 6.42 Å². The fourth-order valence-corrected chi connectivity index (χ4v) is 4.06. The summed E-state index contributed by atoms with van der Waals surface area (Å²) in [5.41, 5.74) is 3.99. The lowest BCUT2D eigenvalue weighted by Gasteiger charge is -2.34. The molecule has 2 aromatic heterocycles. The molecule has 1 aliphatic rings. The Morgan fingerprint density at radius 1 is 0.967 bits per heavy atom. The molecule has 0 bridgehead atoms. The van der Waals surface area contributed by atoms with Crippen molar-refractivity contribution in [3.8, 4) is 11.8 Å². The molecule has 1 aromatic carbocycles. The monoisotopic (exact) mass is 409 g/mol. The number of piperazine rings is 1. The highest BCUT2D eigenvalue weighted by Crippen LogP contribution is 2.22. The van der Waals surface area contributed by atoms with Gasteiger partial charge >= 0.3 is 0 Å². The molecule has 1 fully saturated rings. The Labute approximate surface area is 178 Å². The normalized spacial score (nSPS) is 15.0. The van der Waals surface area contributed by atoms with Crippen LogP contribution in [0.4, 0.5) is 5.95 Å². The molecule has 7 heteroatoms. The molecule has 1 saturated heterocycles. The largest absolute Gasteiger partial charge is 0.481 e. The Balaban J connectivity index is 1.24. The van der Waals surface area contributed by atoms with Crippen molar-refractivity contribution < 1.29 is 9.47 Å². The molecule has 3 heterocycles. The fourth-order valence-electron chi connectivity index (χ4n) is 4.06. The van der Waals surface area contributed by atoms with E-state index in [1.54, 1.807) is 20.3 Å². The minimum Gasteiger partial charge on any atom is -0.481 e. The second-order valence-corrected chi connectivity index (χ2v) is 7.90. The summed E-state index contributed by atoms with van der Waals surface area (Å²) in [6, 6.07) is 8.33. The number of unbranched alkanes of at least 4 members (excludes halogenated alkanes) is 1. The molecule has 0 spiro atoms. The zero-order valence-corrected chi connectivity index (χ0v) is 18.1. The van der Waals surface area contributed by atoms with Gasteiger partial charge in [-0.05, 0) is 50.4 Å². The van der Waals surface area contributed by atoms with Gasteiger partial charge in [-0.1, -0.05) is 11.6 Å². The van der Waals surface area contributed by atoms with Crippen LogP contribution in [0.15, 0.2) is 30.5 Å². The third-order valence-electron chi connectivity index (χ3n) is 5.83. The van der Waals surface area contributed by atoms with Crippen molar-refractivity contribution in [3.63, 3.8) is 0 Å². The van der Waals surface area contributed by atoms with E-state index >= 15 is 0 Å². The first-order chi connectivity index (χ1) is 14.7. The minimum absolute atomic E-state index is 0.534. The molecule has 1 N–H and O–H groups in total. The van der Waals surface area contributed by atoms with E-state index in [2.05, 4.69) is 56.1 Å². The second-order valence-electron chi connectivity index (χ2n) is 7.90. The molecular formula is C23H31N5O2. The number of ether oxygens (including phenoxy) is 2. The quantitative estimate of drug-likeness (QED) is 0.575. The molecule has 0 atom stereocenters. The van der Waals surface area contributed by atoms with E-state index in [4.69, 9.17) is 9.47 Å². The van der Waals surface area contributed by atoms with Gasteiger partial charge in [-0.15, -0.1) is 0 Å². The number of anilines is 1. The second kappa shape index (κ2) is 9.34. The summed E-state index contributed by atoms with van der Waals surface area (Å²) in [6.45, 7) is 7.17. The van der Waals surface area contributed by atoms with Crippen LogP contribution in [0.5, 0.6) is 11.8 Å². The average molecular weight is 410 g/mol. The zero-order valence-electron chi connectivity index (χ0n) is 18.1. The number of nitrogens with zero attached hydrogens (tertiary/aromatic N) is 4. The zero-order chi connectivity index (χ0) is 20.9. The molecular weight excluding hydrogens is 378 g/mol. The molecule has 0 amide bonds. The summed E-state index contributed by atoms with van der Waals surface area (Å²) >= 11 is 0. The third-order valence-corrected chi connectivity index (χ3v) is 5.83. The maximum Gasteiger partial charge on any atom is 0.232 e. The number of nitrogens with one attached hydrogen (secondary N) is 1. The molecule has 30 heavy (non-hydrogen) atoms. The van der Waals surface area contributed by atoms with Gasteiger partial charge in [-0.25, -0.2) is 0 Å². The predicted octanol–water partition coefficient (Wildman–Crippen LogP) is 3.43. The number of hydrogen-bond donors (Lipinski definition) is 1. The van der Waals surface area contributed by atoms with Crippen LogP contribution < -0.4 is 14.4 Å². The lowest BCUT2D eigenvalue weighted by Crippen LogP contribution is -2.47. The van der Waals surface area contributed by atoms with Gasteiger partial charge in [-0.3, -0.25) is 4.90 Å². The maximum absolute atomic E-state index is 5.27. The first-order valence-corrected chi connectivity index (χ1v) is 10.7. The van der Waals surface area contributed by atoms with Gasteiger partial charge in [0, 0.05) is 43.3 Å². The van der Waals surface area contributed by atoms with Crippen molar-refractivity contribution in [1.82, 2.24) is 19.9 Å². The Hall–Kier alpha value is -2.80. The van der Waals surface area contributed by atoms with E-state index in [0.717, 1.165) is 39.1 Å². The van der Waals surface area contributed by atoms with Crippen LogP contribution in [0.25, 0.3) is 10.9 Å². The summed E-state index contributed by atoms with van der Waals surface area (Å²) in [5.74, 6) is 1.75. The predicted molar refractivity (Wildman–Crippen MR) is 120 cm³/mol. The van der Waals surface area contributed by atoms with Crippen molar-refractivity contribution in [1.29, 1.82) is 0 Å². The Kier molecular flexibility index (Phi) is 6.38. The van der Waals surface area contributed by atoms with Gasteiger partial charge < -0.3 is 19.4 Å². The van der Waals surface area contributed by atoms with Crippen LogP contribution in [0.2, 0.25) is 0 Å². The van der Waals surface area contributed by atoms with Crippen molar-refractivity contribution >= 4 is 16.9 Å². The van der Waals surface area contributed by atoms with Crippen molar-refractivity contribution in [2.24, 2.45) is 0 Å². The van der Waals surface area contributed by atoms with Gasteiger partial charge in [0.1, 0.15) is 0 Å². The lowest BCUT2D eigenvalue weighted by molar-refractivity contribution is 0.251. The summed E-state index contributed by atoms with van der Waals surface area (Å²) in [5, 5.41) is 1.37. The third kappa shape index (κ3) is 4.67. The lowest BCUT2D eigenvalue weighted by atomic mass is 10.1. The highest BCUT2D eigenvalue weighted by atomic mass is 16.5. The first-order valence-electron chi connectivity index (χ1n) is 10.7. The summed E-state index contributed by atoms with van der Waals surface area (Å²) in [7, 11) is 3.22. The number of hydrogen-bond acceptors (Lipinski definition) is 6. The van der Waals surface area contributed by atoms with Crippen molar-refractivity contribution in [2.75, 3.05) is 51.8 Å². The van der Waals surface area contributed by atoms with Crippen LogP contribution >= 0.6 is 0 Å². The number of aryl methyl sites for hydroxylation is 2. The summed E-state index contributed by atoms with van der Waals surface area (Å²) < 4.78 is 10.5. The maximum atomic E-state index is 5.27. The number of fused-ring (bicyclic) bond motifs is 1. The molecule has 7 nitrogen and oxygen atoms in total. The van der Waals surface area contributed by atoms with E-state index in [0.29, 0.717) is 17.7 Å². The van der Waals surface area contributed by atoms with Gasteiger partial charge in [0.05, 0.1) is 20.3 Å². The molecule has 0 unspecified atom stereocenters. The number of aromatic amines is 1. The number of methoxy groups -OCH3 is 2. The number of benzene rings is 1. The average Bonchev–Trinajstić information content (AvgIpc) is 3.18. The molecule has 0 aliphatic carbocycles. The highest BCUT2D eigenvalue weighted by molar-refractivity contribution is 5.83. The van der Waals surface area contributed by atoms with E-state index in [1.807, 2.05) is 0 Å². The Bertz CT molecular complexity index is 957. The number of H-pyrrole nitrogens is 1. The minimum atomic E-state index is 0.534. The topological polar surface area (TPSA) is 66.5 Å². The van der Waals surface area contributed by atoms with E-state index < -0.39 is 0 Å². The molecule has 4 rings (SSSR count).